The monoisotopic (exact) mass is 328 g/mol. The fourth-order valence-corrected chi connectivity index (χ4v) is 2.30. The number of nitrogens with zero attached hydrogens (tertiary/aromatic N) is 3. The predicted molar refractivity (Wildman–Crippen MR) is 84.3 cm³/mol. The molecule has 1 aromatic carbocycles. The van der Waals surface area contributed by atoms with Crippen molar-refractivity contribution in [2.75, 3.05) is 6.54 Å². The van der Waals surface area contributed by atoms with Gasteiger partial charge in [0, 0.05) is 43.1 Å². The molecule has 2 aromatic heterocycles. The van der Waals surface area contributed by atoms with Crippen molar-refractivity contribution in [1.29, 1.82) is 0 Å². The van der Waals surface area contributed by atoms with Gasteiger partial charge in [0.2, 0.25) is 0 Å². The lowest BCUT2D eigenvalue weighted by Crippen LogP contribution is -2.25. The second-order valence-electron chi connectivity index (χ2n) is 5.16. The van der Waals surface area contributed by atoms with E-state index in [2.05, 4.69) is 10.3 Å². The number of rotatable bonds is 5. The number of nitro groups is 1. The van der Waals surface area contributed by atoms with Gasteiger partial charge in [-0.25, -0.2) is 9.37 Å². The van der Waals surface area contributed by atoms with Crippen LogP contribution in [-0.2, 0) is 6.42 Å². The maximum absolute atomic E-state index is 13.1. The van der Waals surface area contributed by atoms with Crippen molar-refractivity contribution in [1.82, 2.24) is 14.7 Å². The molecule has 0 atom stereocenters. The maximum Gasteiger partial charge on any atom is 0.270 e. The molecule has 3 rings (SSSR count). The van der Waals surface area contributed by atoms with Crippen LogP contribution in [0.1, 0.15) is 16.1 Å². The van der Waals surface area contributed by atoms with Crippen LogP contribution >= 0.6 is 0 Å². The van der Waals surface area contributed by atoms with E-state index in [9.17, 15) is 19.3 Å². The van der Waals surface area contributed by atoms with E-state index in [0.717, 1.165) is 0 Å². The van der Waals surface area contributed by atoms with Crippen molar-refractivity contribution < 1.29 is 14.1 Å². The summed E-state index contributed by atoms with van der Waals surface area (Å²) in [5.74, 6) is -0.751. The van der Waals surface area contributed by atoms with Crippen LogP contribution in [0, 0.1) is 15.9 Å². The van der Waals surface area contributed by atoms with E-state index in [1.54, 1.807) is 16.7 Å². The molecule has 0 aliphatic carbocycles. The van der Waals surface area contributed by atoms with Gasteiger partial charge in [-0.2, -0.15) is 0 Å². The van der Waals surface area contributed by atoms with E-state index in [-0.39, 0.29) is 17.1 Å². The molecule has 0 spiro atoms. The van der Waals surface area contributed by atoms with Crippen LogP contribution in [-0.4, -0.2) is 26.8 Å². The summed E-state index contributed by atoms with van der Waals surface area (Å²) >= 11 is 0. The number of hydrogen-bond donors (Lipinski definition) is 1. The smallest absolute Gasteiger partial charge is 0.270 e. The molecule has 7 nitrogen and oxygen atoms in total. The van der Waals surface area contributed by atoms with Gasteiger partial charge >= 0.3 is 0 Å². The number of carbonyl (C=O) groups is 1. The quantitative estimate of drug-likeness (QED) is 0.575. The Bertz CT molecular complexity index is 923. The molecule has 0 radical (unpaired) electrons. The number of aromatic nitrogens is 2. The highest BCUT2D eigenvalue weighted by Gasteiger charge is 2.11. The van der Waals surface area contributed by atoms with E-state index in [1.807, 2.05) is 0 Å². The van der Waals surface area contributed by atoms with Crippen LogP contribution in [0.2, 0.25) is 0 Å². The molecule has 24 heavy (non-hydrogen) atoms. The summed E-state index contributed by atoms with van der Waals surface area (Å²) in [7, 11) is 0. The highest BCUT2D eigenvalue weighted by molar-refractivity contribution is 5.94. The molecule has 0 saturated heterocycles. The highest BCUT2D eigenvalue weighted by atomic mass is 19.1. The zero-order chi connectivity index (χ0) is 17.1. The fourth-order valence-electron chi connectivity index (χ4n) is 2.30. The number of carbonyl (C=O) groups excluding carboxylic acids is 1. The number of amides is 1. The molecule has 8 heteroatoms. The predicted octanol–water partition coefficient (Wildman–Crippen LogP) is 2.35. The lowest BCUT2D eigenvalue weighted by molar-refractivity contribution is -0.384. The van der Waals surface area contributed by atoms with Gasteiger partial charge in [0.15, 0.2) is 0 Å². The van der Waals surface area contributed by atoms with Crippen molar-refractivity contribution in [3.63, 3.8) is 0 Å². The minimum Gasteiger partial charge on any atom is -0.352 e. The second kappa shape index (κ2) is 6.45. The summed E-state index contributed by atoms with van der Waals surface area (Å²) in [5, 5.41) is 13.4. The van der Waals surface area contributed by atoms with E-state index in [4.69, 9.17) is 0 Å². The normalized spacial score (nSPS) is 10.7. The Hall–Kier alpha value is -3.29. The standard InChI is InChI=1S/C16H13FN4O3/c17-12-4-5-15-19-13(10-20(15)9-12)6-7-18-16(22)11-2-1-3-14(8-11)21(23)24/h1-5,8-10H,6-7H2,(H,18,22). The second-order valence-corrected chi connectivity index (χ2v) is 5.16. The number of pyridine rings is 1. The zero-order valence-corrected chi connectivity index (χ0v) is 12.5. The molecule has 0 aliphatic heterocycles. The van der Waals surface area contributed by atoms with Gasteiger partial charge in [-0.3, -0.25) is 14.9 Å². The third-order valence-corrected chi connectivity index (χ3v) is 3.45. The summed E-state index contributed by atoms with van der Waals surface area (Å²) in [5.41, 5.74) is 1.42. The van der Waals surface area contributed by atoms with Crippen LogP contribution in [0.4, 0.5) is 10.1 Å². The van der Waals surface area contributed by atoms with Gasteiger partial charge in [0.25, 0.3) is 11.6 Å². The van der Waals surface area contributed by atoms with Crippen molar-refractivity contribution in [2.45, 2.75) is 6.42 Å². The summed E-state index contributed by atoms with van der Waals surface area (Å²) in [6.07, 6.45) is 3.48. The van der Waals surface area contributed by atoms with Gasteiger partial charge in [-0.1, -0.05) is 6.07 Å². The van der Waals surface area contributed by atoms with Crippen molar-refractivity contribution in [3.05, 3.63) is 76.0 Å². The summed E-state index contributed by atoms with van der Waals surface area (Å²) in [6.45, 7) is 0.313. The van der Waals surface area contributed by atoms with Gasteiger partial charge in [-0.05, 0) is 18.2 Å². The van der Waals surface area contributed by atoms with Gasteiger partial charge in [0.05, 0.1) is 10.6 Å². The molecule has 0 unspecified atom stereocenters. The molecule has 122 valence electrons. The number of hydrogen-bond acceptors (Lipinski definition) is 4. The summed E-state index contributed by atoms with van der Waals surface area (Å²) in [4.78, 5) is 26.5. The van der Waals surface area contributed by atoms with Crippen molar-refractivity contribution >= 4 is 17.2 Å². The topological polar surface area (TPSA) is 89.5 Å². The molecular weight excluding hydrogens is 315 g/mol. The first kappa shape index (κ1) is 15.6. The molecule has 3 aromatic rings. The Morgan fingerprint density at radius 3 is 2.92 bits per heavy atom. The Kier molecular flexibility index (Phi) is 4.19. The third-order valence-electron chi connectivity index (χ3n) is 3.45. The Morgan fingerprint density at radius 1 is 1.29 bits per heavy atom. The fraction of sp³-hybridized carbons (Fsp3) is 0.125. The molecule has 0 bridgehead atoms. The van der Waals surface area contributed by atoms with Crippen molar-refractivity contribution in [3.8, 4) is 0 Å². The van der Waals surface area contributed by atoms with Gasteiger partial charge < -0.3 is 9.72 Å². The minimum absolute atomic E-state index is 0.134. The first-order valence-electron chi connectivity index (χ1n) is 7.19. The number of non-ortho nitro benzene ring substituents is 1. The molecule has 2 heterocycles. The van der Waals surface area contributed by atoms with E-state index < -0.39 is 10.8 Å². The first-order chi connectivity index (χ1) is 11.5. The number of halogens is 1. The largest absolute Gasteiger partial charge is 0.352 e. The average molecular weight is 328 g/mol. The summed E-state index contributed by atoms with van der Waals surface area (Å²) < 4.78 is 14.7. The number of imidazole rings is 1. The Labute approximate surface area is 135 Å². The minimum atomic E-state index is -0.549. The number of fused-ring (bicyclic) bond motifs is 1. The molecule has 0 saturated carbocycles. The lowest BCUT2D eigenvalue weighted by Gasteiger charge is -2.03. The number of nitro benzene ring substituents is 1. The Balaban J connectivity index is 1.61. The molecule has 1 N–H and O–H groups in total. The number of nitrogens with one attached hydrogen (secondary N) is 1. The van der Waals surface area contributed by atoms with Crippen LogP contribution in [0.25, 0.3) is 5.65 Å². The molecule has 1 amide bonds. The first-order valence-corrected chi connectivity index (χ1v) is 7.19. The lowest BCUT2D eigenvalue weighted by atomic mass is 10.2. The average Bonchev–Trinajstić information content (AvgIpc) is 2.96. The third kappa shape index (κ3) is 3.37. The van der Waals surface area contributed by atoms with Crippen LogP contribution in [0.15, 0.2) is 48.8 Å². The van der Waals surface area contributed by atoms with Gasteiger partial charge in [-0.15, -0.1) is 0 Å². The number of benzene rings is 1. The van der Waals surface area contributed by atoms with Crippen molar-refractivity contribution in [2.24, 2.45) is 0 Å². The van der Waals surface area contributed by atoms with Crippen LogP contribution in [0.5, 0.6) is 0 Å². The maximum atomic E-state index is 13.1. The highest BCUT2D eigenvalue weighted by Crippen LogP contribution is 2.13. The SMILES string of the molecule is O=C(NCCc1cn2cc(F)ccc2n1)c1cccc([N+](=O)[O-])c1. The van der Waals surface area contributed by atoms with Gasteiger partial charge in [0.1, 0.15) is 11.5 Å². The zero-order valence-electron chi connectivity index (χ0n) is 12.5. The van der Waals surface area contributed by atoms with E-state index >= 15 is 0 Å². The molecule has 0 aliphatic rings. The van der Waals surface area contributed by atoms with E-state index in [1.165, 1.54) is 36.5 Å². The Morgan fingerprint density at radius 2 is 2.12 bits per heavy atom. The summed E-state index contributed by atoms with van der Waals surface area (Å²) in [6, 6.07) is 8.42. The molecule has 0 fully saturated rings. The van der Waals surface area contributed by atoms with Crippen LogP contribution < -0.4 is 5.32 Å². The van der Waals surface area contributed by atoms with Crippen LogP contribution in [0.3, 0.4) is 0 Å². The van der Waals surface area contributed by atoms with E-state index in [0.29, 0.717) is 24.3 Å². The molecular formula is C16H13FN4O3.